The molecule has 2 heterocycles. The quantitative estimate of drug-likeness (QED) is 0.318. The Morgan fingerprint density at radius 2 is 1.93 bits per heavy atom. The molecule has 170 valence electrons. The van der Waals surface area contributed by atoms with Crippen LogP contribution in [0.5, 0.6) is 0 Å². The van der Waals surface area contributed by atoms with Crippen molar-refractivity contribution in [1.29, 1.82) is 0 Å². The van der Waals surface area contributed by atoms with E-state index in [-0.39, 0.29) is 41.1 Å². The molecule has 0 amide bonds. The number of rotatable bonds is 6. The van der Waals surface area contributed by atoms with E-state index in [2.05, 4.69) is 15.2 Å². The summed E-state index contributed by atoms with van der Waals surface area (Å²) in [4.78, 5) is 6.73. The summed E-state index contributed by atoms with van der Waals surface area (Å²) in [5.41, 5.74) is 0.962. The highest BCUT2D eigenvalue weighted by Gasteiger charge is 2.23. The lowest BCUT2D eigenvalue weighted by atomic mass is 10.1. The highest BCUT2D eigenvalue weighted by atomic mass is 127. The van der Waals surface area contributed by atoms with Gasteiger partial charge in [0.25, 0.3) is 0 Å². The molecule has 1 unspecified atom stereocenters. The molecule has 1 atom stereocenters. The topological polar surface area (TPSA) is 106 Å². The minimum atomic E-state index is -3.66. The molecule has 2 aliphatic heterocycles. The largest absolute Gasteiger partial charge is 0.376 e. The zero-order chi connectivity index (χ0) is 20.7. The second-order valence-corrected chi connectivity index (χ2v) is 9.16. The Morgan fingerprint density at radius 1 is 1.23 bits per heavy atom. The summed E-state index contributed by atoms with van der Waals surface area (Å²) in [5, 5.41) is 8.48. The Kier molecular flexibility index (Phi) is 10.3. The molecule has 2 aliphatic rings. The van der Waals surface area contributed by atoms with Gasteiger partial charge in [-0.15, -0.1) is 24.0 Å². The average Bonchev–Trinajstić information content (AvgIpc) is 2.74. The normalized spacial score (nSPS) is 21.2. The molecule has 2 saturated heterocycles. The highest BCUT2D eigenvalue weighted by Crippen LogP contribution is 2.18. The van der Waals surface area contributed by atoms with E-state index in [4.69, 9.17) is 14.6 Å². The SMILES string of the molecule is CN=C(NCc1ccc(S(N)(=O)=O)cc1)N1CCC(OCC2CCCCO2)CC1.I. The number of halogens is 1. The molecule has 10 heteroatoms. The van der Waals surface area contributed by atoms with Crippen LogP contribution in [0.15, 0.2) is 34.2 Å². The molecule has 0 aromatic heterocycles. The number of sulfonamides is 1. The molecule has 0 bridgehead atoms. The Bertz CT molecular complexity index is 775. The lowest BCUT2D eigenvalue weighted by molar-refractivity contribution is -0.0721. The first-order chi connectivity index (χ1) is 14.0. The van der Waals surface area contributed by atoms with Gasteiger partial charge >= 0.3 is 0 Å². The minimum absolute atomic E-state index is 0. The Hall–Kier alpha value is -0.950. The van der Waals surface area contributed by atoms with Crippen LogP contribution in [-0.2, 0) is 26.0 Å². The van der Waals surface area contributed by atoms with Gasteiger partial charge in [0.15, 0.2) is 5.96 Å². The van der Waals surface area contributed by atoms with Crippen molar-refractivity contribution in [1.82, 2.24) is 10.2 Å². The van der Waals surface area contributed by atoms with Crippen molar-refractivity contribution < 1.29 is 17.9 Å². The Balaban J connectivity index is 0.00000320. The number of piperidine rings is 1. The lowest BCUT2D eigenvalue weighted by Crippen LogP contribution is -2.47. The van der Waals surface area contributed by atoms with Crippen LogP contribution in [0, 0.1) is 0 Å². The molecular formula is C20H33IN4O4S. The Labute approximate surface area is 196 Å². The summed E-state index contributed by atoms with van der Waals surface area (Å²) in [7, 11) is -1.89. The number of primary sulfonamides is 1. The van der Waals surface area contributed by atoms with Crippen LogP contribution < -0.4 is 10.5 Å². The zero-order valence-electron chi connectivity index (χ0n) is 17.5. The second kappa shape index (κ2) is 12.2. The molecule has 3 rings (SSSR count). The summed E-state index contributed by atoms with van der Waals surface area (Å²) in [6.45, 7) is 3.90. The predicted octanol–water partition coefficient (Wildman–Crippen LogP) is 2.08. The number of hydrogen-bond donors (Lipinski definition) is 2. The van der Waals surface area contributed by atoms with Crippen molar-refractivity contribution in [2.24, 2.45) is 10.1 Å². The third-order valence-corrected chi connectivity index (χ3v) is 6.38. The summed E-state index contributed by atoms with van der Waals surface area (Å²) in [6, 6.07) is 6.56. The van der Waals surface area contributed by atoms with Crippen molar-refractivity contribution in [3.05, 3.63) is 29.8 Å². The lowest BCUT2D eigenvalue weighted by Gasteiger charge is -2.35. The number of ether oxygens (including phenoxy) is 2. The van der Waals surface area contributed by atoms with E-state index in [0.717, 1.165) is 56.9 Å². The van der Waals surface area contributed by atoms with Gasteiger partial charge in [-0.05, 0) is 49.8 Å². The number of benzene rings is 1. The van der Waals surface area contributed by atoms with Gasteiger partial charge in [0.05, 0.1) is 23.7 Å². The van der Waals surface area contributed by atoms with Crippen LogP contribution >= 0.6 is 24.0 Å². The van der Waals surface area contributed by atoms with Crippen LogP contribution in [-0.4, -0.2) is 64.8 Å². The number of likely N-dealkylation sites (tertiary alicyclic amines) is 1. The molecule has 1 aromatic carbocycles. The number of nitrogens with one attached hydrogen (secondary N) is 1. The van der Waals surface area contributed by atoms with Crippen molar-refractivity contribution in [3.8, 4) is 0 Å². The van der Waals surface area contributed by atoms with Crippen molar-refractivity contribution >= 4 is 40.0 Å². The molecule has 0 spiro atoms. The first-order valence-electron chi connectivity index (χ1n) is 10.3. The van der Waals surface area contributed by atoms with Crippen molar-refractivity contribution in [2.45, 2.75) is 55.8 Å². The average molecular weight is 552 g/mol. The molecule has 0 radical (unpaired) electrons. The first-order valence-corrected chi connectivity index (χ1v) is 11.8. The fourth-order valence-corrected chi connectivity index (χ4v) is 4.24. The van der Waals surface area contributed by atoms with Gasteiger partial charge in [-0.2, -0.15) is 0 Å². The molecule has 0 aliphatic carbocycles. The van der Waals surface area contributed by atoms with Crippen LogP contribution in [0.3, 0.4) is 0 Å². The van der Waals surface area contributed by atoms with Crippen LogP contribution in [0.4, 0.5) is 0 Å². The number of aliphatic imine (C=N–C) groups is 1. The van der Waals surface area contributed by atoms with Gasteiger partial charge in [0.1, 0.15) is 0 Å². The monoisotopic (exact) mass is 552 g/mol. The fourth-order valence-electron chi connectivity index (χ4n) is 3.73. The van der Waals surface area contributed by atoms with Gasteiger partial charge < -0.3 is 19.7 Å². The van der Waals surface area contributed by atoms with Crippen LogP contribution in [0.25, 0.3) is 0 Å². The van der Waals surface area contributed by atoms with E-state index < -0.39 is 10.0 Å². The predicted molar refractivity (Wildman–Crippen MR) is 128 cm³/mol. The minimum Gasteiger partial charge on any atom is -0.376 e. The number of nitrogens with two attached hydrogens (primary N) is 1. The summed E-state index contributed by atoms with van der Waals surface area (Å²) in [6.07, 6.45) is 5.98. The Morgan fingerprint density at radius 3 is 2.50 bits per heavy atom. The standard InChI is InChI=1S/C20H32N4O4S.HI/c1-22-20(23-14-16-5-7-19(8-6-16)29(21,25)26)24-11-9-17(10-12-24)28-15-18-4-2-3-13-27-18;/h5-8,17-18H,2-4,9-15H2,1H3,(H,22,23)(H2,21,25,26);1H. The molecule has 0 saturated carbocycles. The van der Waals surface area contributed by atoms with Gasteiger partial charge in [-0.3, -0.25) is 4.99 Å². The van der Waals surface area contributed by atoms with E-state index in [0.29, 0.717) is 13.2 Å². The van der Waals surface area contributed by atoms with Gasteiger partial charge in [-0.25, -0.2) is 13.6 Å². The highest BCUT2D eigenvalue weighted by molar-refractivity contribution is 14.0. The maximum absolute atomic E-state index is 11.3. The van der Waals surface area contributed by atoms with Gasteiger partial charge in [0.2, 0.25) is 10.0 Å². The molecule has 8 nitrogen and oxygen atoms in total. The fraction of sp³-hybridized carbons (Fsp3) is 0.650. The molecular weight excluding hydrogens is 519 g/mol. The number of hydrogen-bond acceptors (Lipinski definition) is 5. The van der Waals surface area contributed by atoms with E-state index in [1.165, 1.54) is 18.6 Å². The smallest absolute Gasteiger partial charge is 0.238 e. The summed E-state index contributed by atoms with van der Waals surface area (Å²) >= 11 is 0. The number of guanidine groups is 1. The van der Waals surface area contributed by atoms with Crippen molar-refractivity contribution in [2.75, 3.05) is 33.4 Å². The molecule has 1 aromatic rings. The maximum Gasteiger partial charge on any atom is 0.238 e. The van der Waals surface area contributed by atoms with Crippen molar-refractivity contribution in [3.63, 3.8) is 0 Å². The van der Waals surface area contributed by atoms with Crippen LogP contribution in [0.1, 0.15) is 37.7 Å². The van der Waals surface area contributed by atoms with E-state index >= 15 is 0 Å². The zero-order valence-corrected chi connectivity index (χ0v) is 20.6. The van der Waals surface area contributed by atoms with Gasteiger partial charge in [-0.1, -0.05) is 12.1 Å². The maximum atomic E-state index is 11.3. The van der Waals surface area contributed by atoms with Crippen LogP contribution in [0.2, 0.25) is 0 Å². The summed E-state index contributed by atoms with van der Waals surface area (Å²) < 4.78 is 34.5. The summed E-state index contributed by atoms with van der Waals surface area (Å²) in [5.74, 6) is 0.842. The van der Waals surface area contributed by atoms with E-state index in [9.17, 15) is 8.42 Å². The van der Waals surface area contributed by atoms with E-state index in [1.54, 1.807) is 19.2 Å². The third kappa shape index (κ3) is 7.63. The van der Waals surface area contributed by atoms with Gasteiger partial charge in [0, 0.05) is 33.3 Å². The molecule has 2 fully saturated rings. The first kappa shape index (κ1) is 25.3. The second-order valence-electron chi connectivity index (χ2n) is 7.60. The number of nitrogens with zero attached hydrogens (tertiary/aromatic N) is 2. The third-order valence-electron chi connectivity index (χ3n) is 5.45. The molecule has 30 heavy (non-hydrogen) atoms. The molecule has 3 N–H and O–H groups in total. The van der Waals surface area contributed by atoms with E-state index in [1.807, 2.05) is 0 Å².